The van der Waals surface area contributed by atoms with E-state index in [4.69, 9.17) is 4.74 Å². The Bertz CT molecular complexity index is 507. The van der Waals surface area contributed by atoms with Crippen molar-refractivity contribution in [2.75, 3.05) is 18.6 Å². The van der Waals surface area contributed by atoms with Crippen LogP contribution in [0.4, 0.5) is 0 Å². The van der Waals surface area contributed by atoms with E-state index >= 15 is 0 Å². The zero-order chi connectivity index (χ0) is 19.0. The van der Waals surface area contributed by atoms with Crippen LogP contribution < -0.4 is 0 Å². The van der Waals surface area contributed by atoms with E-state index in [1.807, 2.05) is 23.9 Å². The van der Waals surface area contributed by atoms with Gasteiger partial charge in [-0.3, -0.25) is 0 Å². The van der Waals surface area contributed by atoms with Crippen molar-refractivity contribution in [3.8, 4) is 0 Å². The molecule has 0 heterocycles. The summed E-state index contributed by atoms with van der Waals surface area (Å²) in [6.45, 7) is 6.44. The summed E-state index contributed by atoms with van der Waals surface area (Å²) in [5, 5.41) is 0. The normalized spacial score (nSPS) is 10.7. The smallest absolute Gasteiger partial charge is 0.337 e. The molecule has 0 aliphatic heterocycles. The van der Waals surface area contributed by atoms with E-state index in [2.05, 4.69) is 13.5 Å². The van der Waals surface area contributed by atoms with Crippen molar-refractivity contribution in [2.24, 2.45) is 0 Å². The van der Waals surface area contributed by atoms with Gasteiger partial charge in [-0.05, 0) is 35.4 Å². The maximum absolute atomic E-state index is 11.4. The number of hydrogen-bond acceptors (Lipinski definition) is 3. The Morgan fingerprint density at radius 2 is 1.38 bits per heavy atom. The molecule has 1 aromatic rings. The molecule has 0 saturated heterocycles. The first-order chi connectivity index (χ1) is 12.7. The van der Waals surface area contributed by atoms with Crippen LogP contribution in [0.2, 0.25) is 0 Å². The number of ether oxygens (including phenoxy) is 1. The average molecular weight is 377 g/mol. The number of methoxy groups -OCH3 is 1. The van der Waals surface area contributed by atoms with Crippen LogP contribution in [0.1, 0.15) is 87.1 Å². The molecule has 0 aliphatic carbocycles. The third-order valence-corrected chi connectivity index (χ3v) is 5.76. The second-order valence-electron chi connectivity index (χ2n) is 6.91. The minimum atomic E-state index is -0.294. The van der Waals surface area contributed by atoms with Crippen LogP contribution in [0.3, 0.4) is 0 Å². The number of benzene rings is 1. The van der Waals surface area contributed by atoms with Gasteiger partial charge in [0.15, 0.2) is 0 Å². The number of rotatable bonds is 15. The molecule has 0 spiro atoms. The van der Waals surface area contributed by atoms with Crippen molar-refractivity contribution in [1.29, 1.82) is 0 Å². The monoisotopic (exact) mass is 376 g/mol. The number of unbranched alkanes of at least 4 members (excludes halogenated alkanes) is 9. The maximum Gasteiger partial charge on any atom is 0.337 e. The summed E-state index contributed by atoms with van der Waals surface area (Å²) >= 11 is 1.96. The highest BCUT2D eigenvalue weighted by atomic mass is 32.2. The molecule has 0 aliphatic rings. The van der Waals surface area contributed by atoms with Gasteiger partial charge in [-0.15, -0.1) is 0 Å². The number of esters is 1. The molecule has 1 aromatic carbocycles. The van der Waals surface area contributed by atoms with Gasteiger partial charge in [0.05, 0.1) is 12.7 Å². The molecular formula is C23H36O2S. The number of thioether (sulfide) groups is 1. The molecule has 3 heteroatoms. The third-order valence-electron chi connectivity index (χ3n) is 4.63. The van der Waals surface area contributed by atoms with Crippen molar-refractivity contribution in [1.82, 2.24) is 0 Å². The zero-order valence-corrected chi connectivity index (χ0v) is 17.5. The quantitative estimate of drug-likeness (QED) is 0.240. The predicted octanol–water partition coefficient (Wildman–Crippen LogP) is 7.14. The van der Waals surface area contributed by atoms with E-state index in [0.29, 0.717) is 5.56 Å². The number of carbonyl (C=O) groups excluding carboxylic acids is 1. The highest BCUT2D eigenvalue weighted by Crippen LogP contribution is 2.20. The molecule has 0 saturated carbocycles. The Balaban J connectivity index is 2.02. The van der Waals surface area contributed by atoms with E-state index < -0.39 is 0 Å². The first-order valence-corrected chi connectivity index (χ1v) is 11.3. The molecule has 0 amide bonds. The maximum atomic E-state index is 11.4. The molecule has 0 N–H and O–H groups in total. The van der Waals surface area contributed by atoms with Crippen molar-refractivity contribution in [2.45, 2.75) is 71.1 Å². The summed E-state index contributed by atoms with van der Waals surface area (Å²) in [4.78, 5) is 11.4. The fourth-order valence-corrected chi connectivity index (χ4v) is 3.90. The lowest BCUT2D eigenvalue weighted by atomic mass is 10.1. The second kappa shape index (κ2) is 14.9. The molecule has 0 fully saturated rings. The molecule has 2 nitrogen and oxygen atoms in total. The molecule has 0 aromatic heterocycles. The van der Waals surface area contributed by atoms with Gasteiger partial charge in [-0.1, -0.05) is 83.4 Å². The van der Waals surface area contributed by atoms with Gasteiger partial charge in [-0.2, -0.15) is 11.8 Å². The summed E-state index contributed by atoms with van der Waals surface area (Å²) in [7, 11) is 1.40. The summed E-state index contributed by atoms with van der Waals surface area (Å²) in [5.74, 6) is 1.86. The minimum absolute atomic E-state index is 0.294. The Morgan fingerprint density at radius 1 is 0.885 bits per heavy atom. The van der Waals surface area contributed by atoms with Gasteiger partial charge in [0.1, 0.15) is 0 Å². The molecule has 0 radical (unpaired) electrons. The van der Waals surface area contributed by atoms with Crippen LogP contribution in [-0.4, -0.2) is 24.6 Å². The van der Waals surface area contributed by atoms with Crippen LogP contribution >= 0.6 is 11.8 Å². The molecule has 26 heavy (non-hydrogen) atoms. The lowest BCUT2D eigenvalue weighted by Crippen LogP contribution is -2.00. The summed E-state index contributed by atoms with van der Waals surface area (Å²) in [5.41, 5.74) is 2.81. The SMILES string of the molecule is C=C(CSCCCCCCCCCCCC)c1ccc(C(=O)OC)cc1. The Hall–Kier alpha value is -1.22. The highest BCUT2D eigenvalue weighted by Gasteiger charge is 2.05. The van der Waals surface area contributed by atoms with E-state index in [9.17, 15) is 4.79 Å². The zero-order valence-electron chi connectivity index (χ0n) is 16.7. The lowest BCUT2D eigenvalue weighted by molar-refractivity contribution is 0.0600. The summed E-state index contributed by atoms with van der Waals surface area (Å²) < 4.78 is 4.72. The highest BCUT2D eigenvalue weighted by molar-refractivity contribution is 7.99. The Labute approximate surface area is 164 Å². The fraction of sp³-hybridized carbons (Fsp3) is 0.609. The minimum Gasteiger partial charge on any atom is -0.465 e. The van der Waals surface area contributed by atoms with E-state index in [0.717, 1.165) is 16.9 Å². The van der Waals surface area contributed by atoms with E-state index in [1.165, 1.54) is 77.1 Å². The van der Waals surface area contributed by atoms with E-state index in [-0.39, 0.29) is 5.97 Å². The third kappa shape index (κ3) is 10.1. The molecule has 0 unspecified atom stereocenters. The van der Waals surface area contributed by atoms with Crippen molar-refractivity contribution in [3.63, 3.8) is 0 Å². The largest absolute Gasteiger partial charge is 0.465 e. The van der Waals surface area contributed by atoms with Gasteiger partial charge in [-0.25, -0.2) is 4.79 Å². The van der Waals surface area contributed by atoms with E-state index in [1.54, 1.807) is 12.1 Å². The predicted molar refractivity (Wildman–Crippen MR) is 116 cm³/mol. The topological polar surface area (TPSA) is 26.3 Å². The summed E-state index contributed by atoms with van der Waals surface area (Å²) in [6.07, 6.45) is 13.8. The van der Waals surface area contributed by atoms with Crippen LogP contribution in [0, 0.1) is 0 Å². The Morgan fingerprint density at radius 3 is 1.92 bits per heavy atom. The first kappa shape index (κ1) is 22.8. The van der Waals surface area contributed by atoms with Crippen molar-refractivity contribution >= 4 is 23.3 Å². The van der Waals surface area contributed by atoms with Gasteiger partial charge in [0.25, 0.3) is 0 Å². The van der Waals surface area contributed by atoms with Crippen LogP contribution in [0.15, 0.2) is 30.8 Å². The molecule has 0 bridgehead atoms. The van der Waals surface area contributed by atoms with Gasteiger partial charge in [0.2, 0.25) is 0 Å². The summed E-state index contributed by atoms with van der Waals surface area (Å²) in [6, 6.07) is 7.52. The molecule has 146 valence electrons. The average Bonchev–Trinajstić information content (AvgIpc) is 2.68. The number of hydrogen-bond donors (Lipinski definition) is 0. The van der Waals surface area contributed by atoms with Gasteiger partial charge in [0, 0.05) is 5.75 Å². The number of carbonyl (C=O) groups is 1. The van der Waals surface area contributed by atoms with Crippen LogP contribution in [0.5, 0.6) is 0 Å². The fourth-order valence-electron chi connectivity index (χ4n) is 2.93. The Kier molecular flexibility index (Phi) is 13.1. The van der Waals surface area contributed by atoms with Crippen molar-refractivity contribution in [3.05, 3.63) is 42.0 Å². The lowest BCUT2D eigenvalue weighted by Gasteiger charge is -2.07. The van der Waals surface area contributed by atoms with Gasteiger partial charge < -0.3 is 4.74 Å². The first-order valence-electron chi connectivity index (χ1n) is 10.1. The molecule has 1 rings (SSSR count). The van der Waals surface area contributed by atoms with Crippen molar-refractivity contribution < 1.29 is 9.53 Å². The molecular weight excluding hydrogens is 340 g/mol. The second-order valence-corrected chi connectivity index (χ2v) is 8.01. The standard InChI is InChI=1S/C23H36O2S/c1-4-5-6-7-8-9-10-11-12-13-18-26-19-20(2)21-14-16-22(17-15-21)23(24)25-3/h14-17H,2,4-13,18-19H2,1,3H3. The van der Waals surface area contributed by atoms with Gasteiger partial charge >= 0.3 is 5.97 Å². The molecule has 0 atom stereocenters. The van der Waals surface area contributed by atoms with Crippen LogP contribution in [-0.2, 0) is 4.74 Å². The van der Waals surface area contributed by atoms with Crippen LogP contribution in [0.25, 0.3) is 5.57 Å².